The van der Waals surface area contributed by atoms with E-state index in [4.69, 9.17) is 4.74 Å². The molecular weight excluding hydrogens is 382 g/mol. The van der Waals surface area contributed by atoms with Crippen molar-refractivity contribution in [1.29, 1.82) is 0 Å². The van der Waals surface area contributed by atoms with Gasteiger partial charge in [-0.15, -0.1) is 0 Å². The maximum Gasteiger partial charge on any atom is 0.323 e. The Morgan fingerprint density at radius 2 is 1.60 bits per heavy atom. The molecule has 1 aromatic carbocycles. The number of hydrogen-bond acceptors (Lipinski definition) is 5. The summed E-state index contributed by atoms with van der Waals surface area (Å²) in [6.45, 7) is 6.39. The molecule has 0 aliphatic rings. The second-order valence-corrected chi connectivity index (χ2v) is 8.12. The number of carbonyl (C=O) groups excluding carboxylic acids is 1. The number of esters is 1. The molecule has 0 heterocycles. The van der Waals surface area contributed by atoms with E-state index in [-0.39, 0.29) is 17.9 Å². The summed E-state index contributed by atoms with van der Waals surface area (Å²) >= 11 is 3.76. The van der Waals surface area contributed by atoms with Gasteiger partial charge in [0.15, 0.2) is 0 Å². The molecule has 0 saturated heterocycles. The van der Waals surface area contributed by atoms with Crippen molar-refractivity contribution in [2.75, 3.05) is 35.3 Å². The van der Waals surface area contributed by atoms with Crippen LogP contribution in [0.15, 0.2) is 16.6 Å². The molecule has 0 aromatic heterocycles. The van der Waals surface area contributed by atoms with Crippen molar-refractivity contribution in [3.05, 3.63) is 33.3 Å². The van der Waals surface area contributed by atoms with E-state index in [1.54, 1.807) is 0 Å². The normalized spacial score (nSPS) is 12.9. The molecule has 0 aliphatic heterocycles. The Kier molecular flexibility index (Phi) is 9.07. The highest BCUT2D eigenvalue weighted by Crippen LogP contribution is 2.26. The second kappa shape index (κ2) is 10.3. The van der Waals surface area contributed by atoms with Gasteiger partial charge in [-0.1, -0.05) is 41.9 Å². The van der Waals surface area contributed by atoms with Crippen molar-refractivity contribution in [3.63, 3.8) is 0 Å². The average molecular weight is 414 g/mol. The molecule has 0 fully saturated rings. The van der Waals surface area contributed by atoms with Gasteiger partial charge in [-0.2, -0.15) is 0 Å². The van der Waals surface area contributed by atoms with E-state index in [2.05, 4.69) is 71.4 Å². The lowest BCUT2D eigenvalue weighted by Gasteiger charge is -2.22. The van der Waals surface area contributed by atoms with Crippen LogP contribution in [0.3, 0.4) is 0 Å². The fourth-order valence-electron chi connectivity index (χ4n) is 2.78. The van der Waals surface area contributed by atoms with Crippen LogP contribution in [-0.4, -0.2) is 57.1 Å². The van der Waals surface area contributed by atoms with Gasteiger partial charge >= 0.3 is 5.97 Å². The molecular formula is C19H32BrN3O2. The van der Waals surface area contributed by atoms with Crippen LogP contribution in [-0.2, 0) is 29.2 Å². The van der Waals surface area contributed by atoms with E-state index >= 15 is 0 Å². The Hall–Kier alpha value is -0.950. The number of rotatable bonds is 9. The molecule has 1 aromatic rings. The first-order chi connectivity index (χ1) is 11.6. The second-order valence-electron chi connectivity index (χ2n) is 7.33. The standard InChI is InChI=1S/C19H32BrN3O2/c1-13(2)18(19(24)25-7)21-10-14-8-15(11-22(3)4)17(20)16(9-14)12-23(5)6/h8-9,13,18,21H,10-12H2,1-7H3/t18-/m0/s1. The van der Waals surface area contributed by atoms with E-state index in [9.17, 15) is 4.79 Å². The van der Waals surface area contributed by atoms with Crippen LogP contribution in [0, 0.1) is 5.92 Å². The van der Waals surface area contributed by atoms with Gasteiger partial charge in [0.1, 0.15) is 6.04 Å². The summed E-state index contributed by atoms with van der Waals surface area (Å²) in [4.78, 5) is 16.3. The first kappa shape index (κ1) is 22.1. The number of hydrogen-bond donors (Lipinski definition) is 1. The Morgan fingerprint density at radius 1 is 1.12 bits per heavy atom. The van der Waals surface area contributed by atoms with Crippen LogP contribution in [0.4, 0.5) is 0 Å². The first-order valence-electron chi connectivity index (χ1n) is 8.56. The van der Waals surface area contributed by atoms with E-state index in [0.717, 1.165) is 17.6 Å². The van der Waals surface area contributed by atoms with Crippen molar-refractivity contribution in [1.82, 2.24) is 15.1 Å². The van der Waals surface area contributed by atoms with Crippen molar-refractivity contribution < 1.29 is 9.53 Å². The molecule has 0 unspecified atom stereocenters. The molecule has 5 nitrogen and oxygen atoms in total. The molecule has 25 heavy (non-hydrogen) atoms. The van der Waals surface area contributed by atoms with Gasteiger partial charge in [0.25, 0.3) is 0 Å². The predicted octanol–water partition coefficient (Wildman–Crippen LogP) is 2.86. The quantitative estimate of drug-likeness (QED) is 0.630. The fourth-order valence-corrected chi connectivity index (χ4v) is 3.26. The first-order valence-corrected chi connectivity index (χ1v) is 9.35. The summed E-state index contributed by atoms with van der Waals surface area (Å²) < 4.78 is 6.07. The highest BCUT2D eigenvalue weighted by atomic mass is 79.9. The molecule has 6 heteroatoms. The van der Waals surface area contributed by atoms with Crippen LogP contribution in [0.1, 0.15) is 30.5 Å². The summed E-state index contributed by atoms with van der Waals surface area (Å²) in [6, 6.07) is 4.10. The van der Waals surface area contributed by atoms with Crippen molar-refractivity contribution in [2.45, 2.75) is 39.5 Å². The molecule has 142 valence electrons. The largest absolute Gasteiger partial charge is 0.468 e. The van der Waals surface area contributed by atoms with Crippen LogP contribution in [0.2, 0.25) is 0 Å². The third-order valence-corrected chi connectivity index (χ3v) is 4.92. The zero-order valence-electron chi connectivity index (χ0n) is 16.5. The maximum absolute atomic E-state index is 11.9. The molecule has 1 rings (SSSR count). The third kappa shape index (κ3) is 7.05. The number of ether oxygens (including phenoxy) is 1. The van der Waals surface area contributed by atoms with Crippen LogP contribution in [0.25, 0.3) is 0 Å². The molecule has 0 amide bonds. The summed E-state index contributed by atoms with van der Waals surface area (Å²) in [5.41, 5.74) is 3.67. The van der Waals surface area contributed by atoms with E-state index in [1.807, 2.05) is 13.8 Å². The van der Waals surface area contributed by atoms with Crippen molar-refractivity contribution in [2.24, 2.45) is 5.92 Å². The Morgan fingerprint density at radius 3 is 1.96 bits per heavy atom. The zero-order chi connectivity index (χ0) is 19.1. The lowest BCUT2D eigenvalue weighted by molar-refractivity contribution is -0.144. The van der Waals surface area contributed by atoms with E-state index < -0.39 is 0 Å². The number of nitrogens with zero attached hydrogens (tertiary/aromatic N) is 2. The van der Waals surface area contributed by atoms with Gasteiger partial charge in [0, 0.05) is 24.1 Å². The Bertz CT molecular complexity index is 543. The minimum Gasteiger partial charge on any atom is -0.468 e. The maximum atomic E-state index is 11.9. The molecule has 0 saturated carbocycles. The van der Waals surface area contributed by atoms with Crippen molar-refractivity contribution >= 4 is 21.9 Å². The number of methoxy groups -OCH3 is 1. The van der Waals surface area contributed by atoms with Crippen LogP contribution < -0.4 is 5.32 Å². The zero-order valence-corrected chi connectivity index (χ0v) is 18.1. The minimum absolute atomic E-state index is 0.172. The number of carbonyl (C=O) groups is 1. The molecule has 1 N–H and O–H groups in total. The molecule has 0 spiro atoms. The predicted molar refractivity (Wildman–Crippen MR) is 106 cm³/mol. The fraction of sp³-hybridized carbons (Fsp3) is 0.632. The number of benzene rings is 1. The Labute approximate surface area is 160 Å². The van der Waals surface area contributed by atoms with Gasteiger partial charge in [0.05, 0.1) is 7.11 Å². The SMILES string of the molecule is COC(=O)[C@@H](NCc1cc(CN(C)C)c(Br)c(CN(C)C)c1)C(C)C. The molecule has 0 radical (unpaired) electrons. The minimum atomic E-state index is -0.303. The molecule has 1 atom stereocenters. The summed E-state index contributed by atoms with van der Waals surface area (Å²) in [5.74, 6) is -0.0421. The summed E-state index contributed by atoms with van der Waals surface area (Å²) in [6.07, 6.45) is 0. The average Bonchev–Trinajstić information content (AvgIpc) is 2.50. The smallest absolute Gasteiger partial charge is 0.323 e. The van der Waals surface area contributed by atoms with Gasteiger partial charge in [-0.05, 0) is 50.8 Å². The molecule has 0 aliphatic carbocycles. The highest BCUT2D eigenvalue weighted by molar-refractivity contribution is 9.10. The highest BCUT2D eigenvalue weighted by Gasteiger charge is 2.22. The monoisotopic (exact) mass is 413 g/mol. The van der Waals surface area contributed by atoms with Gasteiger partial charge in [-0.25, -0.2) is 0 Å². The van der Waals surface area contributed by atoms with Gasteiger partial charge in [-0.3, -0.25) is 4.79 Å². The topological polar surface area (TPSA) is 44.8 Å². The lowest BCUT2D eigenvalue weighted by Crippen LogP contribution is -2.41. The molecule has 0 bridgehead atoms. The van der Waals surface area contributed by atoms with Crippen molar-refractivity contribution in [3.8, 4) is 0 Å². The van der Waals surface area contributed by atoms with E-state index in [0.29, 0.717) is 6.54 Å². The van der Waals surface area contributed by atoms with Gasteiger partial charge in [0.2, 0.25) is 0 Å². The van der Waals surface area contributed by atoms with E-state index in [1.165, 1.54) is 23.8 Å². The summed E-state index contributed by atoms with van der Waals surface area (Å²) in [7, 11) is 9.69. The van der Waals surface area contributed by atoms with Gasteiger partial charge < -0.3 is 19.9 Å². The van der Waals surface area contributed by atoms with Crippen LogP contribution >= 0.6 is 15.9 Å². The summed E-state index contributed by atoms with van der Waals surface area (Å²) in [5, 5.41) is 3.35. The lowest BCUT2D eigenvalue weighted by atomic mass is 10.0. The third-order valence-electron chi connectivity index (χ3n) is 3.90. The number of halogens is 1. The van der Waals surface area contributed by atoms with Crippen LogP contribution in [0.5, 0.6) is 0 Å². The number of nitrogens with one attached hydrogen (secondary N) is 1. The Balaban J connectivity index is 3.06.